The summed E-state index contributed by atoms with van der Waals surface area (Å²) in [5, 5.41) is 13.5. The molecule has 0 saturated heterocycles. The monoisotopic (exact) mass is 437 g/mol. The zero-order valence-electron chi connectivity index (χ0n) is 15.8. The maximum absolute atomic E-state index is 12.1. The zero-order chi connectivity index (χ0) is 21.2. The lowest BCUT2D eigenvalue weighted by Gasteiger charge is -2.26. The minimum Gasteiger partial charge on any atom is -0.392 e. The van der Waals surface area contributed by atoms with Crippen LogP contribution in [-0.4, -0.2) is 47.3 Å². The van der Waals surface area contributed by atoms with Crippen molar-refractivity contribution in [1.29, 1.82) is 0 Å². The number of sulfone groups is 1. The summed E-state index contributed by atoms with van der Waals surface area (Å²) in [5.74, 6) is -1.00. The molecule has 154 valence electrons. The quantitative estimate of drug-likeness (QED) is 0.529. The van der Waals surface area contributed by atoms with Crippen LogP contribution < -0.4 is 5.48 Å². The average molecular weight is 438 g/mol. The Hall–Kier alpha value is -2.49. The van der Waals surface area contributed by atoms with Crippen LogP contribution in [0.1, 0.15) is 25.3 Å². The third kappa shape index (κ3) is 4.26. The number of nitrogens with one attached hydrogen (secondary N) is 1. The van der Waals surface area contributed by atoms with E-state index in [9.17, 15) is 13.2 Å². The smallest absolute Gasteiger partial charge is 0.264 e. The molecule has 0 aliphatic carbocycles. The van der Waals surface area contributed by atoms with E-state index in [1.54, 1.807) is 12.4 Å². The molecule has 0 unspecified atom stereocenters. The molecule has 29 heavy (non-hydrogen) atoms. The molecular formula is C19H20ClN3O5S. The van der Waals surface area contributed by atoms with Crippen LogP contribution in [0.2, 0.25) is 5.02 Å². The predicted octanol–water partition coefficient (Wildman–Crippen LogP) is 2.59. The molecule has 1 aliphatic heterocycles. The number of amides is 1. The first-order valence-corrected chi connectivity index (χ1v) is 11.0. The Labute approximate surface area is 173 Å². The van der Waals surface area contributed by atoms with Crippen LogP contribution in [-0.2, 0) is 19.5 Å². The second kappa shape index (κ2) is 8.10. The van der Waals surface area contributed by atoms with Gasteiger partial charge in [0.15, 0.2) is 14.6 Å². The molecule has 0 saturated carbocycles. The number of pyridine rings is 1. The summed E-state index contributed by atoms with van der Waals surface area (Å²) in [5.41, 5.74) is 4.66. The summed E-state index contributed by atoms with van der Waals surface area (Å²) in [6.45, 7) is 1.25. The molecule has 0 fully saturated rings. The molecule has 1 aromatic heterocycles. The van der Waals surface area contributed by atoms with Gasteiger partial charge in [-0.3, -0.25) is 15.0 Å². The van der Waals surface area contributed by atoms with E-state index in [1.807, 2.05) is 30.3 Å². The number of hydrogen-bond donors (Lipinski definition) is 2. The number of halogens is 1. The van der Waals surface area contributed by atoms with E-state index in [4.69, 9.17) is 21.6 Å². The maximum Gasteiger partial charge on any atom is 0.264 e. The van der Waals surface area contributed by atoms with Gasteiger partial charge in [0.2, 0.25) is 0 Å². The fourth-order valence-electron chi connectivity index (χ4n) is 3.12. The summed E-state index contributed by atoms with van der Waals surface area (Å²) >= 11 is 6.17. The Morgan fingerprint density at radius 1 is 1.31 bits per heavy atom. The fourth-order valence-corrected chi connectivity index (χ4v) is 4.22. The molecule has 10 heteroatoms. The van der Waals surface area contributed by atoms with Crippen LogP contribution in [0.5, 0.6) is 0 Å². The van der Waals surface area contributed by atoms with Gasteiger partial charge in [-0.1, -0.05) is 41.0 Å². The molecule has 0 bridgehead atoms. The fraction of sp³-hybridized carbons (Fsp3) is 0.316. The number of carbonyl (C=O) groups excluding carboxylic acids is 1. The normalized spacial score (nSPS) is 18.5. The highest BCUT2D eigenvalue weighted by atomic mass is 35.5. The van der Waals surface area contributed by atoms with Gasteiger partial charge in [0.25, 0.3) is 5.91 Å². The van der Waals surface area contributed by atoms with E-state index in [1.165, 1.54) is 12.4 Å². The van der Waals surface area contributed by atoms with Gasteiger partial charge >= 0.3 is 0 Å². The van der Waals surface area contributed by atoms with E-state index in [2.05, 4.69) is 10.1 Å². The summed E-state index contributed by atoms with van der Waals surface area (Å²) < 4.78 is 22.4. The Kier molecular flexibility index (Phi) is 5.92. The number of nitrogens with zero attached hydrogens (tertiary/aromatic N) is 2. The van der Waals surface area contributed by atoms with Crippen molar-refractivity contribution in [2.75, 3.05) is 6.26 Å². The van der Waals surface area contributed by atoms with E-state index in [-0.39, 0.29) is 6.42 Å². The Morgan fingerprint density at radius 2 is 1.97 bits per heavy atom. The van der Waals surface area contributed by atoms with Crippen LogP contribution in [0.15, 0.2) is 47.9 Å². The van der Waals surface area contributed by atoms with Gasteiger partial charge in [-0.05, 0) is 24.1 Å². The van der Waals surface area contributed by atoms with Crippen molar-refractivity contribution in [3.63, 3.8) is 0 Å². The summed E-state index contributed by atoms with van der Waals surface area (Å²) in [7, 11) is -3.81. The Bertz CT molecular complexity index is 1060. The minimum atomic E-state index is -3.81. The van der Waals surface area contributed by atoms with Gasteiger partial charge in [-0.25, -0.2) is 13.9 Å². The molecule has 0 radical (unpaired) electrons. The van der Waals surface area contributed by atoms with Crippen LogP contribution in [0.3, 0.4) is 0 Å². The summed E-state index contributed by atoms with van der Waals surface area (Å²) in [4.78, 5) is 21.3. The second-order valence-electron chi connectivity index (χ2n) is 7.05. The molecule has 2 aromatic rings. The van der Waals surface area contributed by atoms with Crippen molar-refractivity contribution < 1.29 is 23.3 Å². The lowest BCUT2D eigenvalue weighted by molar-refractivity contribution is -0.132. The van der Waals surface area contributed by atoms with E-state index < -0.39 is 26.6 Å². The van der Waals surface area contributed by atoms with Gasteiger partial charge in [0.05, 0.1) is 10.7 Å². The van der Waals surface area contributed by atoms with Crippen LogP contribution in [0, 0.1) is 0 Å². The SMILES string of the molecule is C[C@@](C[C@H]1CC(c2ccc(-c3ccncc3Cl)cc2)=NO1)(C(=O)NO)S(C)(=O)=O. The van der Waals surface area contributed by atoms with Crippen molar-refractivity contribution in [3.8, 4) is 11.1 Å². The Balaban J connectivity index is 1.74. The number of hydrogen-bond acceptors (Lipinski definition) is 7. The van der Waals surface area contributed by atoms with Gasteiger partial charge < -0.3 is 4.84 Å². The van der Waals surface area contributed by atoms with Crippen molar-refractivity contribution >= 4 is 33.1 Å². The van der Waals surface area contributed by atoms with Gasteiger partial charge in [-0.15, -0.1) is 0 Å². The van der Waals surface area contributed by atoms with Gasteiger partial charge in [0.1, 0.15) is 6.10 Å². The average Bonchev–Trinajstić information content (AvgIpc) is 3.15. The largest absolute Gasteiger partial charge is 0.392 e. The zero-order valence-corrected chi connectivity index (χ0v) is 17.4. The topological polar surface area (TPSA) is 118 Å². The molecule has 0 spiro atoms. The van der Waals surface area contributed by atoms with Gasteiger partial charge in [-0.2, -0.15) is 0 Å². The third-order valence-electron chi connectivity index (χ3n) is 5.05. The number of aromatic nitrogens is 1. The first-order valence-electron chi connectivity index (χ1n) is 8.73. The molecule has 1 aromatic carbocycles. The molecule has 3 rings (SSSR count). The molecule has 2 heterocycles. The number of hydroxylamine groups is 1. The third-order valence-corrected chi connectivity index (χ3v) is 7.34. The summed E-state index contributed by atoms with van der Waals surface area (Å²) in [6, 6.07) is 9.35. The van der Waals surface area contributed by atoms with E-state index in [0.29, 0.717) is 17.2 Å². The number of oxime groups is 1. The first kappa shape index (κ1) is 21.2. The lowest BCUT2D eigenvalue weighted by atomic mass is 9.96. The molecule has 1 aliphatic rings. The van der Waals surface area contributed by atoms with Crippen molar-refractivity contribution in [2.24, 2.45) is 5.16 Å². The molecule has 8 nitrogen and oxygen atoms in total. The highest BCUT2D eigenvalue weighted by Crippen LogP contribution is 2.31. The minimum absolute atomic E-state index is 0.143. The standard InChI is InChI=1S/C19H20ClN3O5S/c1-19(18(24)22-25,29(2,26)27)10-14-9-17(23-28-14)13-5-3-12(4-6-13)15-7-8-21-11-16(15)20/h3-8,11,14,25H,9-10H2,1-2H3,(H,22,24)/t14-,19-/m1/s1. The van der Waals surface area contributed by atoms with Crippen molar-refractivity contribution in [1.82, 2.24) is 10.5 Å². The van der Waals surface area contributed by atoms with Crippen LogP contribution >= 0.6 is 11.6 Å². The van der Waals surface area contributed by atoms with Crippen molar-refractivity contribution in [3.05, 3.63) is 53.3 Å². The second-order valence-corrected chi connectivity index (χ2v) is 9.90. The van der Waals surface area contributed by atoms with E-state index >= 15 is 0 Å². The summed E-state index contributed by atoms with van der Waals surface area (Å²) in [6.07, 6.45) is 3.76. The molecular weight excluding hydrogens is 418 g/mol. The number of carbonyl (C=O) groups is 1. The first-order chi connectivity index (χ1) is 13.7. The number of benzene rings is 1. The molecule has 2 N–H and O–H groups in total. The van der Waals surface area contributed by atoms with Crippen LogP contribution in [0.25, 0.3) is 11.1 Å². The van der Waals surface area contributed by atoms with E-state index in [0.717, 1.165) is 22.9 Å². The molecule has 2 atom stereocenters. The Morgan fingerprint density at radius 3 is 2.55 bits per heavy atom. The highest BCUT2D eigenvalue weighted by molar-refractivity contribution is 7.92. The van der Waals surface area contributed by atoms with Gasteiger partial charge in [0, 0.05) is 37.1 Å². The predicted molar refractivity (Wildman–Crippen MR) is 109 cm³/mol. The van der Waals surface area contributed by atoms with Crippen LogP contribution in [0.4, 0.5) is 0 Å². The highest BCUT2D eigenvalue weighted by Gasteiger charge is 2.47. The molecule has 1 amide bonds. The maximum atomic E-state index is 12.1. The lowest BCUT2D eigenvalue weighted by Crippen LogP contribution is -2.51. The number of rotatable bonds is 6. The van der Waals surface area contributed by atoms with Crippen molar-refractivity contribution in [2.45, 2.75) is 30.6 Å².